The van der Waals surface area contributed by atoms with E-state index in [9.17, 15) is 18.0 Å². The highest BCUT2D eigenvalue weighted by Crippen LogP contribution is 2.34. The summed E-state index contributed by atoms with van der Waals surface area (Å²) in [4.78, 5) is 16.8. The molecular formula is C13H12F3N3OS. The number of amides is 1. The second-order valence-electron chi connectivity index (χ2n) is 4.29. The van der Waals surface area contributed by atoms with Crippen LogP contribution in [0.2, 0.25) is 0 Å². The molecule has 21 heavy (non-hydrogen) atoms. The van der Waals surface area contributed by atoms with Gasteiger partial charge >= 0.3 is 6.18 Å². The minimum atomic E-state index is -4.59. The van der Waals surface area contributed by atoms with Crippen molar-refractivity contribution in [2.75, 3.05) is 5.73 Å². The molecule has 1 heterocycles. The van der Waals surface area contributed by atoms with E-state index in [0.717, 1.165) is 22.0 Å². The molecule has 0 atom stereocenters. The van der Waals surface area contributed by atoms with Gasteiger partial charge in [0.05, 0.1) is 28.4 Å². The number of para-hydroxylation sites is 1. The van der Waals surface area contributed by atoms with Crippen molar-refractivity contribution in [2.45, 2.75) is 19.6 Å². The Morgan fingerprint density at radius 2 is 2.14 bits per heavy atom. The second kappa shape index (κ2) is 5.72. The average molecular weight is 315 g/mol. The van der Waals surface area contributed by atoms with E-state index in [4.69, 9.17) is 5.73 Å². The summed E-state index contributed by atoms with van der Waals surface area (Å²) in [5.41, 5.74) is 3.69. The predicted octanol–water partition coefficient (Wildman–Crippen LogP) is 2.98. The van der Waals surface area contributed by atoms with Crippen molar-refractivity contribution in [1.82, 2.24) is 10.3 Å². The van der Waals surface area contributed by atoms with Crippen LogP contribution in [0.15, 0.2) is 24.4 Å². The molecule has 112 valence electrons. The van der Waals surface area contributed by atoms with E-state index < -0.39 is 23.3 Å². The smallest absolute Gasteiger partial charge is 0.398 e. The van der Waals surface area contributed by atoms with Crippen LogP contribution in [0.5, 0.6) is 0 Å². The molecule has 0 aliphatic rings. The largest absolute Gasteiger partial charge is 0.418 e. The molecular weight excluding hydrogens is 303 g/mol. The number of nitrogens with one attached hydrogen (secondary N) is 1. The van der Waals surface area contributed by atoms with E-state index in [1.165, 1.54) is 17.4 Å². The molecule has 0 radical (unpaired) electrons. The number of hydrogen-bond donors (Lipinski definition) is 2. The van der Waals surface area contributed by atoms with E-state index in [0.29, 0.717) is 0 Å². The standard InChI is InChI=1S/C13H12F3N3OS/c1-7-18-5-8(21-7)6-19-12(20)9-3-2-4-10(11(9)17)13(14,15)16/h2-5H,6,17H2,1H3,(H,19,20). The van der Waals surface area contributed by atoms with Crippen LogP contribution in [0, 0.1) is 6.92 Å². The molecule has 8 heteroatoms. The van der Waals surface area contributed by atoms with Gasteiger partial charge in [-0.2, -0.15) is 13.2 Å². The fourth-order valence-electron chi connectivity index (χ4n) is 1.76. The molecule has 0 saturated heterocycles. The lowest BCUT2D eigenvalue weighted by Gasteiger charge is -2.13. The van der Waals surface area contributed by atoms with Gasteiger partial charge in [0.1, 0.15) is 0 Å². The van der Waals surface area contributed by atoms with Gasteiger partial charge in [-0.15, -0.1) is 11.3 Å². The summed E-state index contributed by atoms with van der Waals surface area (Å²) < 4.78 is 38.2. The van der Waals surface area contributed by atoms with E-state index in [-0.39, 0.29) is 12.1 Å². The molecule has 0 spiro atoms. The maximum Gasteiger partial charge on any atom is 0.418 e. The Labute approximate surface area is 122 Å². The quantitative estimate of drug-likeness (QED) is 0.856. The van der Waals surface area contributed by atoms with E-state index in [1.807, 2.05) is 6.92 Å². The summed E-state index contributed by atoms with van der Waals surface area (Å²) in [7, 11) is 0. The molecule has 0 bridgehead atoms. The van der Waals surface area contributed by atoms with Gasteiger partial charge in [-0.3, -0.25) is 4.79 Å². The van der Waals surface area contributed by atoms with Crippen molar-refractivity contribution in [3.8, 4) is 0 Å². The Balaban J connectivity index is 2.16. The van der Waals surface area contributed by atoms with Crippen LogP contribution in [-0.2, 0) is 12.7 Å². The van der Waals surface area contributed by atoms with Crippen LogP contribution in [0.1, 0.15) is 25.8 Å². The van der Waals surface area contributed by atoms with Gasteiger partial charge in [0.25, 0.3) is 5.91 Å². The summed E-state index contributed by atoms with van der Waals surface area (Å²) in [5.74, 6) is -0.648. The van der Waals surface area contributed by atoms with E-state index >= 15 is 0 Å². The number of carbonyl (C=O) groups excluding carboxylic acids is 1. The number of anilines is 1. The number of thiazole rings is 1. The van der Waals surface area contributed by atoms with Crippen LogP contribution in [0.25, 0.3) is 0 Å². The first-order valence-electron chi connectivity index (χ1n) is 5.94. The molecule has 1 amide bonds. The Kier molecular flexibility index (Phi) is 4.17. The zero-order valence-electron chi connectivity index (χ0n) is 11.0. The fourth-order valence-corrected chi connectivity index (χ4v) is 2.49. The number of halogens is 3. The van der Waals surface area contributed by atoms with E-state index in [2.05, 4.69) is 10.3 Å². The van der Waals surface area contributed by atoms with Gasteiger partial charge in [0.2, 0.25) is 0 Å². The number of nitrogens with two attached hydrogens (primary N) is 1. The lowest BCUT2D eigenvalue weighted by Crippen LogP contribution is -2.24. The minimum Gasteiger partial charge on any atom is -0.398 e. The molecule has 0 aliphatic heterocycles. The third kappa shape index (κ3) is 3.52. The monoisotopic (exact) mass is 315 g/mol. The number of nitrogens with zero attached hydrogens (tertiary/aromatic N) is 1. The molecule has 0 unspecified atom stereocenters. The Morgan fingerprint density at radius 1 is 1.43 bits per heavy atom. The number of alkyl halides is 3. The van der Waals surface area contributed by atoms with Crippen molar-refractivity contribution < 1.29 is 18.0 Å². The number of aryl methyl sites for hydroxylation is 1. The summed E-state index contributed by atoms with van der Waals surface area (Å²) in [5, 5.41) is 3.38. The maximum atomic E-state index is 12.7. The number of carbonyl (C=O) groups is 1. The number of aromatic nitrogens is 1. The lowest BCUT2D eigenvalue weighted by atomic mass is 10.1. The Morgan fingerprint density at radius 3 is 2.71 bits per heavy atom. The highest BCUT2D eigenvalue weighted by atomic mass is 32.1. The maximum absolute atomic E-state index is 12.7. The molecule has 2 aromatic rings. The minimum absolute atomic E-state index is 0.189. The average Bonchev–Trinajstić information content (AvgIpc) is 2.80. The number of rotatable bonds is 3. The molecule has 2 rings (SSSR count). The third-order valence-corrected chi connectivity index (χ3v) is 3.66. The molecule has 0 saturated carbocycles. The van der Waals surface area contributed by atoms with Gasteiger partial charge in [0.15, 0.2) is 0 Å². The lowest BCUT2D eigenvalue weighted by molar-refractivity contribution is -0.136. The van der Waals surface area contributed by atoms with Gasteiger partial charge in [-0.25, -0.2) is 4.98 Å². The molecule has 3 N–H and O–H groups in total. The zero-order chi connectivity index (χ0) is 15.6. The first-order chi connectivity index (χ1) is 9.79. The van der Waals surface area contributed by atoms with Crippen LogP contribution >= 0.6 is 11.3 Å². The first kappa shape index (κ1) is 15.3. The Hall–Kier alpha value is -2.09. The summed E-state index contributed by atoms with van der Waals surface area (Å²) in [6.45, 7) is 2.01. The molecule has 0 fully saturated rings. The van der Waals surface area contributed by atoms with Crippen molar-refractivity contribution in [3.63, 3.8) is 0 Å². The van der Waals surface area contributed by atoms with Crippen LogP contribution in [-0.4, -0.2) is 10.9 Å². The van der Waals surface area contributed by atoms with Gasteiger partial charge in [-0.05, 0) is 19.1 Å². The normalized spacial score (nSPS) is 11.4. The third-order valence-electron chi connectivity index (χ3n) is 2.75. The molecule has 0 aliphatic carbocycles. The van der Waals surface area contributed by atoms with Gasteiger partial charge < -0.3 is 11.1 Å². The van der Waals surface area contributed by atoms with E-state index in [1.54, 1.807) is 6.20 Å². The molecule has 4 nitrogen and oxygen atoms in total. The van der Waals surface area contributed by atoms with Crippen molar-refractivity contribution in [3.05, 3.63) is 45.4 Å². The second-order valence-corrected chi connectivity index (χ2v) is 5.61. The summed E-state index contributed by atoms with van der Waals surface area (Å²) in [6, 6.07) is 3.27. The molecule has 1 aromatic heterocycles. The van der Waals surface area contributed by atoms with Gasteiger partial charge in [-0.1, -0.05) is 6.07 Å². The Bertz CT molecular complexity index is 667. The number of nitrogen functional groups attached to an aromatic ring is 1. The summed E-state index contributed by atoms with van der Waals surface area (Å²) >= 11 is 1.40. The SMILES string of the molecule is Cc1ncc(CNC(=O)c2cccc(C(F)(F)F)c2N)s1. The number of hydrogen-bond acceptors (Lipinski definition) is 4. The van der Waals surface area contributed by atoms with Crippen LogP contribution in [0.4, 0.5) is 18.9 Å². The van der Waals surface area contributed by atoms with Crippen LogP contribution < -0.4 is 11.1 Å². The molecule has 1 aromatic carbocycles. The fraction of sp³-hybridized carbons (Fsp3) is 0.231. The van der Waals surface area contributed by atoms with Crippen LogP contribution in [0.3, 0.4) is 0 Å². The topological polar surface area (TPSA) is 68.0 Å². The summed E-state index contributed by atoms with van der Waals surface area (Å²) in [6.07, 6.45) is -2.98. The highest BCUT2D eigenvalue weighted by molar-refractivity contribution is 7.11. The van der Waals surface area contributed by atoms with Crippen molar-refractivity contribution in [2.24, 2.45) is 0 Å². The number of benzene rings is 1. The predicted molar refractivity (Wildman–Crippen MR) is 73.9 cm³/mol. The highest BCUT2D eigenvalue weighted by Gasteiger charge is 2.34. The first-order valence-corrected chi connectivity index (χ1v) is 6.76. The van der Waals surface area contributed by atoms with Crippen molar-refractivity contribution >= 4 is 22.9 Å². The van der Waals surface area contributed by atoms with Crippen molar-refractivity contribution in [1.29, 1.82) is 0 Å². The van der Waals surface area contributed by atoms with Gasteiger partial charge in [0, 0.05) is 11.1 Å². The zero-order valence-corrected chi connectivity index (χ0v) is 11.8.